The van der Waals surface area contributed by atoms with Gasteiger partial charge in [-0.25, -0.2) is 0 Å². The predicted molar refractivity (Wildman–Crippen MR) is 106 cm³/mol. The van der Waals surface area contributed by atoms with Gasteiger partial charge in [-0.05, 0) is 40.2 Å². The first-order valence-corrected chi connectivity index (χ1v) is 10.6. The van der Waals surface area contributed by atoms with Gasteiger partial charge in [0.15, 0.2) is 0 Å². The summed E-state index contributed by atoms with van der Waals surface area (Å²) in [6, 6.07) is 7.52. The normalized spacial score (nSPS) is 15.4. The van der Waals surface area contributed by atoms with E-state index < -0.39 is 0 Å². The van der Waals surface area contributed by atoms with Crippen LogP contribution in [0.4, 0.5) is 0 Å². The number of nitrogens with one attached hydrogen (secondary N) is 1. The van der Waals surface area contributed by atoms with Crippen LogP contribution >= 0.6 is 50.2 Å². The van der Waals surface area contributed by atoms with Crippen LogP contribution < -0.4 is 5.32 Å². The second-order valence-electron chi connectivity index (χ2n) is 5.65. The van der Waals surface area contributed by atoms with Crippen LogP contribution in [0.25, 0.3) is 0 Å². The monoisotopic (exact) mass is 461 g/mol. The van der Waals surface area contributed by atoms with Crippen LogP contribution in [-0.4, -0.2) is 54.3 Å². The van der Waals surface area contributed by atoms with E-state index in [1.807, 2.05) is 23.1 Å². The van der Waals surface area contributed by atoms with Crippen molar-refractivity contribution in [1.29, 1.82) is 0 Å². The molecule has 0 spiro atoms. The summed E-state index contributed by atoms with van der Waals surface area (Å²) in [5.41, 5.74) is 0. The minimum absolute atomic E-state index is 0.0366. The van der Waals surface area contributed by atoms with Crippen molar-refractivity contribution in [1.82, 2.24) is 15.1 Å². The van der Waals surface area contributed by atoms with Gasteiger partial charge in [0.2, 0.25) is 5.91 Å². The molecule has 0 atom stereocenters. The summed E-state index contributed by atoms with van der Waals surface area (Å²) in [7, 11) is 0. The summed E-state index contributed by atoms with van der Waals surface area (Å²) in [5, 5.41) is 2.70. The lowest BCUT2D eigenvalue weighted by molar-refractivity contribution is -0.131. The van der Waals surface area contributed by atoms with E-state index >= 15 is 0 Å². The smallest absolute Gasteiger partial charge is 0.261 e. The number of halogens is 2. The predicted octanol–water partition coefficient (Wildman–Crippen LogP) is 3.30. The van der Waals surface area contributed by atoms with Crippen molar-refractivity contribution in [3.8, 4) is 0 Å². The van der Waals surface area contributed by atoms with E-state index in [-0.39, 0.29) is 18.4 Å². The summed E-state index contributed by atoms with van der Waals surface area (Å²) >= 11 is 12.2. The van der Waals surface area contributed by atoms with Crippen molar-refractivity contribution in [2.24, 2.45) is 0 Å². The van der Waals surface area contributed by atoms with Crippen LogP contribution in [0.3, 0.4) is 0 Å². The Kier molecular flexibility index (Phi) is 6.51. The summed E-state index contributed by atoms with van der Waals surface area (Å²) < 4.78 is 1.70. The molecule has 3 heterocycles. The van der Waals surface area contributed by atoms with Crippen LogP contribution in [0, 0.1) is 0 Å². The quantitative estimate of drug-likeness (QED) is 0.742. The lowest BCUT2D eigenvalue weighted by atomic mass is 10.3. The number of nitrogens with zero attached hydrogens (tertiary/aromatic N) is 2. The SMILES string of the molecule is O=C(NCC(=O)N1CCN(Cc2ccc(Cl)s2)CC1)c1ccc(Br)s1. The van der Waals surface area contributed by atoms with Crippen LogP contribution in [0.15, 0.2) is 28.1 Å². The summed E-state index contributed by atoms with van der Waals surface area (Å²) in [6.45, 7) is 3.91. The molecular formula is C16H17BrClN3O2S2. The van der Waals surface area contributed by atoms with Gasteiger partial charge in [-0.1, -0.05) is 11.6 Å². The number of piperazine rings is 1. The number of hydrogen-bond acceptors (Lipinski definition) is 5. The minimum atomic E-state index is -0.211. The fraction of sp³-hybridized carbons (Fsp3) is 0.375. The highest BCUT2D eigenvalue weighted by atomic mass is 79.9. The highest BCUT2D eigenvalue weighted by Crippen LogP contribution is 2.23. The third-order valence-electron chi connectivity index (χ3n) is 3.93. The van der Waals surface area contributed by atoms with Gasteiger partial charge >= 0.3 is 0 Å². The molecule has 2 aromatic heterocycles. The number of hydrogen-bond donors (Lipinski definition) is 1. The van der Waals surface area contributed by atoms with Crippen molar-refractivity contribution in [2.45, 2.75) is 6.54 Å². The second-order valence-corrected chi connectivity index (χ2v) is 9.91. The van der Waals surface area contributed by atoms with Crippen molar-refractivity contribution in [3.05, 3.63) is 42.1 Å². The molecule has 3 rings (SSSR count). The molecule has 9 heteroatoms. The van der Waals surface area contributed by atoms with Gasteiger partial charge in [-0.2, -0.15) is 0 Å². The zero-order valence-corrected chi connectivity index (χ0v) is 17.3. The van der Waals surface area contributed by atoms with Gasteiger partial charge in [0, 0.05) is 37.6 Å². The molecule has 25 heavy (non-hydrogen) atoms. The Balaban J connectivity index is 1.41. The Morgan fingerprint density at radius 2 is 1.88 bits per heavy atom. The molecule has 0 unspecified atom stereocenters. The van der Waals surface area contributed by atoms with E-state index in [9.17, 15) is 9.59 Å². The zero-order valence-electron chi connectivity index (χ0n) is 13.3. The van der Waals surface area contributed by atoms with E-state index in [0.29, 0.717) is 18.0 Å². The Labute approximate surface area is 167 Å². The molecule has 0 radical (unpaired) electrons. The van der Waals surface area contributed by atoms with Crippen LogP contribution in [0.2, 0.25) is 4.34 Å². The first kappa shape index (κ1) is 18.8. The highest BCUT2D eigenvalue weighted by Gasteiger charge is 2.22. The van der Waals surface area contributed by atoms with E-state index in [1.165, 1.54) is 16.2 Å². The topological polar surface area (TPSA) is 52.7 Å². The van der Waals surface area contributed by atoms with Gasteiger partial charge in [-0.15, -0.1) is 22.7 Å². The maximum absolute atomic E-state index is 12.3. The number of carbonyl (C=O) groups excluding carboxylic acids is 2. The maximum atomic E-state index is 12.3. The molecule has 1 N–H and O–H groups in total. The van der Waals surface area contributed by atoms with Crippen LogP contribution in [-0.2, 0) is 11.3 Å². The molecule has 1 saturated heterocycles. The van der Waals surface area contributed by atoms with Crippen molar-refractivity contribution in [2.75, 3.05) is 32.7 Å². The fourth-order valence-corrected chi connectivity index (χ4v) is 5.04. The average molecular weight is 463 g/mol. The zero-order chi connectivity index (χ0) is 17.8. The maximum Gasteiger partial charge on any atom is 0.261 e. The fourth-order valence-electron chi connectivity index (χ4n) is 2.60. The molecular weight excluding hydrogens is 446 g/mol. The van der Waals surface area contributed by atoms with Crippen molar-refractivity contribution < 1.29 is 9.59 Å². The third kappa shape index (κ3) is 5.27. The molecule has 134 valence electrons. The number of rotatable bonds is 5. The second kappa shape index (κ2) is 8.64. The average Bonchev–Trinajstić information content (AvgIpc) is 3.21. The number of amides is 2. The Morgan fingerprint density at radius 1 is 1.12 bits per heavy atom. The molecule has 2 aromatic rings. The van der Waals surface area contributed by atoms with E-state index in [2.05, 4.69) is 26.1 Å². The van der Waals surface area contributed by atoms with Crippen molar-refractivity contribution in [3.63, 3.8) is 0 Å². The van der Waals surface area contributed by atoms with Gasteiger partial charge in [-0.3, -0.25) is 14.5 Å². The summed E-state index contributed by atoms with van der Waals surface area (Å²) in [4.78, 5) is 30.2. The Morgan fingerprint density at radius 3 is 2.48 bits per heavy atom. The molecule has 0 aromatic carbocycles. The largest absolute Gasteiger partial charge is 0.342 e. The standard InChI is InChI=1S/C16H17BrClN3O2S2/c17-13-3-2-12(25-13)16(23)19-9-15(22)21-7-5-20(6-8-21)10-11-1-4-14(18)24-11/h1-4H,5-10H2,(H,19,23). The van der Waals surface area contributed by atoms with Crippen LogP contribution in [0.1, 0.15) is 14.5 Å². The molecule has 0 saturated carbocycles. The van der Waals surface area contributed by atoms with Crippen LogP contribution in [0.5, 0.6) is 0 Å². The molecule has 1 aliphatic heterocycles. The number of thiophene rings is 2. The van der Waals surface area contributed by atoms with Gasteiger partial charge in [0.25, 0.3) is 5.91 Å². The number of carbonyl (C=O) groups is 2. The first-order chi connectivity index (χ1) is 12.0. The molecule has 1 aliphatic rings. The lowest BCUT2D eigenvalue weighted by Gasteiger charge is -2.34. The van der Waals surface area contributed by atoms with E-state index in [1.54, 1.807) is 17.4 Å². The van der Waals surface area contributed by atoms with E-state index in [0.717, 1.165) is 27.8 Å². The Hall–Kier alpha value is -0.930. The molecule has 0 aliphatic carbocycles. The molecule has 5 nitrogen and oxygen atoms in total. The summed E-state index contributed by atoms with van der Waals surface area (Å²) in [5.74, 6) is -0.250. The van der Waals surface area contributed by atoms with E-state index in [4.69, 9.17) is 11.6 Å². The molecule has 2 amide bonds. The molecule has 1 fully saturated rings. The lowest BCUT2D eigenvalue weighted by Crippen LogP contribution is -2.50. The van der Waals surface area contributed by atoms with Gasteiger partial charge in [0.1, 0.15) is 0 Å². The minimum Gasteiger partial charge on any atom is -0.342 e. The third-order valence-corrected chi connectivity index (χ3v) is 6.77. The molecule has 0 bridgehead atoms. The van der Waals surface area contributed by atoms with Crippen molar-refractivity contribution >= 4 is 62.0 Å². The highest BCUT2D eigenvalue weighted by molar-refractivity contribution is 9.11. The van der Waals surface area contributed by atoms with Gasteiger partial charge < -0.3 is 10.2 Å². The van der Waals surface area contributed by atoms with Gasteiger partial charge in [0.05, 0.1) is 19.5 Å². The first-order valence-electron chi connectivity index (χ1n) is 7.79. The summed E-state index contributed by atoms with van der Waals surface area (Å²) in [6.07, 6.45) is 0. The Bertz CT molecular complexity index is 756.